The zero-order valence-corrected chi connectivity index (χ0v) is 23.3. The molecule has 6 rings (SSSR count). The summed E-state index contributed by atoms with van der Waals surface area (Å²) in [6.07, 6.45) is 6.69. The van der Waals surface area contributed by atoms with Gasteiger partial charge in [0, 0.05) is 22.7 Å². The van der Waals surface area contributed by atoms with Gasteiger partial charge in [0.05, 0.1) is 44.8 Å². The Hall–Kier alpha value is -3.91. The van der Waals surface area contributed by atoms with Crippen molar-refractivity contribution in [2.75, 3.05) is 26.1 Å². The minimum absolute atomic E-state index is 0.204. The standard InChI is InChI=1S/C31H33N3O4S/c1-4-38-22-10-7-9-20(17-22)29-26-12-8-16-33(26)30-24(23-11-5-6-13-28(23)39-30)19-34(29)31(35)32-25-18-21(36-2)14-15-27(25)37-3/h7-10,12,14-18,29H,4-6,11,13,19H2,1-3H3,(H,32,35)/t29-/m1/s1. The van der Waals surface area contributed by atoms with Gasteiger partial charge in [0.25, 0.3) is 0 Å². The molecular weight excluding hydrogens is 510 g/mol. The fraction of sp³-hybridized carbons (Fsp3) is 0.323. The predicted octanol–water partition coefficient (Wildman–Crippen LogP) is 6.97. The van der Waals surface area contributed by atoms with Crippen LogP contribution in [0.5, 0.6) is 17.2 Å². The minimum atomic E-state index is -0.323. The van der Waals surface area contributed by atoms with Crippen molar-refractivity contribution < 1.29 is 19.0 Å². The highest BCUT2D eigenvalue weighted by Gasteiger charge is 2.36. The van der Waals surface area contributed by atoms with E-state index in [1.165, 1.54) is 33.8 Å². The number of urea groups is 1. The molecule has 0 fully saturated rings. The van der Waals surface area contributed by atoms with Crippen LogP contribution in [0.15, 0.2) is 60.8 Å². The normalized spacial score (nSPS) is 16.0. The maximum absolute atomic E-state index is 14.3. The molecule has 1 atom stereocenters. The van der Waals surface area contributed by atoms with E-state index in [0.717, 1.165) is 29.8 Å². The first-order chi connectivity index (χ1) is 19.1. The average Bonchev–Trinajstić information content (AvgIpc) is 3.55. The Morgan fingerprint density at radius 3 is 2.69 bits per heavy atom. The molecule has 39 heavy (non-hydrogen) atoms. The van der Waals surface area contributed by atoms with Crippen LogP contribution in [0.1, 0.15) is 53.1 Å². The number of ether oxygens (including phenoxy) is 3. The van der Waals surface area contributed by atoms with Gasteiger partial charge >= 0.3 is 6.03 Å². The summed E-state index contributed by atoms with van der Waals surface area (Å²) in [4.78, 5) is 17.7. The second-order valence-electron chi connectivity index (χ2n) is 9.83. The summed E-state index contributed by atoms with van der Waals surface area (Å²) in [5.74, 6) is 2.01. The molecule has 3 heterocycles. The molecule has 0 radical (unpaired) electrons. The van der Waals surface area contributed by atoms with Crippen molar-refractivity contribution in [2.24, 2.45) is 0 Å². The second-order valence-corrected chi connectivity index (χ2v) is 10.9. The van der Waals surface area contributed by atoms with E-state index in [2.05, 4.69) is 34.3 Å². The number of carbonyl (C=O) groups excluding carboxylic acids is 1. The summed E-state index contributed by atoms with van der Waals surface area (Å²) in [6, 6.07) is 17.2. The summed E-state index contributed by atoms with van der Waals surface area (Å²) in [5.41, 5.74) is 5.28. The lowest BCUT2D eigenvalue weighted by atomic mass is 9.95. The molecule has 1 aliphatic heterocycles. The lowest BCUT2D eigenvalue weighted by Gasteiger charge is -2.32. The summed E-state index contributed by atoms with van der Waals surface area (Å²) in [7, 11) is 3.21. The summed E-state index contributed by atoms with van der Waals surface area (Å²) in [5, 5.41) is 4.37. The molecule has 2 aliphatic rings. The van der Waals surface area contributed by atoms with Crippen molar-refractivity contribution in [3.05, 3.63) is 88.1 Å². The zero-order valence-electron chi connectivity index (χ0n) is 22.5. The van der Waals surface area contributed by atoms with Crippen LogP contribution in [-0.2, 0) is 19.4 Å². The highest BCUT2D eigenvalue weighted by molar-refractivity contribution is 7.15. The molecule has 7 nitrogen and oxygen atoms in total. The number of thiophene rings is 1. The molecule has 202 valence electrons. The van der Waals surface area contributed by atoms with Crippen LogP contribution in [0.4, 0.5) is 10.5 Å². The fourth-order valence-electron chi connectivity index (χ4n) is 5.78. The number of nitrogens with zero attached hydrogens (tertiary/aromatic N) is 2. The van der Waals surface area contributed by atoms with E-state index in [1.54, 1.807) is 26.4 Å². The van der Waals surface area contributed by atoms with E-state index in [0.29, 0.717) is 30.3 Å². The number of hydrogen-bond acceptors (Lipinski definition) is 5. The van der Waals surface area contributed by atoms with Crippen molar-refractivity contribution in [1.82, 2.24) is 9.47 Å². The van der Waals surface area contributed by atoms with E-state index < -0.39 is 0 Å². The molecule has 0 saturated heterocycles. The van der Waals surface area contributed by atoms with Gasteiger partial charge in [-0.25, -0.2) is 4.79 Å². The van der Waals surface area contributed by atoms with Crippen molar-refractivity contribution in [1.29, 1.82) is 0 Å². The van der Waals surface area contributed by atoms with Crippen molar-refractivity contribution in [3.8, 4) is 22.2 Å². The molecule has 0 bridgehead atoms. The predicted molar refractivity (Wildman–Crippen MR) is 154 cm³/mol. The SMILES string of the molecule is CCOc1cccc([C@@H]2c3cccn3-c3sc4c(c3CN2C(=O)Nc2cc(OC)ccc2OC)CCCC4)c1. The number of rotatable bonds is 6. The molecule has 1 aliphatic carbocycles. The molecular formula is C31H33N3O4S. The highest BCUT2D eigenvalue weighted by Crippen LogP contribution is 2.44. The number of carbonyl (C=O) groups is 1. The van der Waals surface area contributed by atoms with Crippen LogP contribution in [0.3, 0.4) is 0 Å². The van der Waals surface area contributed by atoms with Gasteiger partial charge < -0.3 is 29.0 Å². The Kier molecular flexibility index (Phi) is 6.95. The fourth-order valence-corrected chi connectivity index (χ4v) is 7.18. The van der Waals surface area contributed by atoms with E-state index in [1.807, 2.05) is 47.4 Å². The zero-order chi connectivity index (χ0) is 26.9. The van der Waals surface area contributed by atoms with Crippen LogP contribution >= 0.6 is 11.3 Å². The van der Waals surface area contributed by atoms with E-state index in [-0.39, 0.29) is 12.1 Å². The van der Waals surface area contributed by atoms with Crippen LogP contribution in [0, 0.1) is 0 Å². The van der Waals surface area contributed by atoms with Gasteiger partial charge in [-0.2, -0.15) is 0 Å². The Morgan fingerprint density at radius 1 is 1.00 bits per heavy atom. The lowest BCUT2D eigenvalue weighted by molar-refractivity contribution is 0.194. The number of benzene rings is 2. The van der Waals surface area contributed by atoms with Gasteiger partial charge in [-0.05, 0) is 80.1 Å². The first kappa shape index (κ1) is 25.4. The molecule has 2 aromatic carbocycles. The van der Waals surface area contributed by atoms with Gasteiger partial charge in [-0.15, -0.1) is 11.3 Å². The lowest BCUT2D eigenvalue weighted by Crippen LogP contribution is -2.38. The number of fused-ring (bicyclic) bond motifs is 5. The van der Waals surface area contributed by atoms with Crippen molar-refractivity contribution >= 4 is 23.1 Å². The third kappa shape index (κ3) is 4.63. The monoisotopic (exact) mass is 543 g/mol. The van der Waals surface area contributed by atoms with Crippen LogP contribution < -0.4 is 19.5 Å². The Bertz CT molecular complexity index is 1510. The van der Waals surface area contributed by atoms with Gasteiger partial charge in [0.1, 0.15) is 22.2 Å². The van der Waals surface area contributed by atoms with Crippen molar-refractivity contribution in [3.63, 3.8) is 0 Å². The minimum Gasteiger partial charge on any atom is -0.497 e. The average molecular weight is 544 g/mol. The van der Waals surface area contributed by atoms with Gasteiger partial charge in [-0.3, -0.25) is 0 Å². The number of aryl methyl sites for hydroxylation is 1. The van der Waals surface area contributed by atoms with Gasteiger partial charge in [-0.1, -0.05) is 12.1 Å². The molecule has 4 aromatic rings. The Morgan fingerprint density at radius 2 is 1.87 bits per heavy atom. The molecule has 0 saturated carbocycles. The molecule has 2 amide bonds. The summed E-state index contributed by atoms with van der Waals surface area (Å²) in [6.45, 7) is 3.06. The Balaban J connectivity index is 1.49. The largest absolute Gasteiger partial charge is 0.497 e. The number of hydrogen-bond donors (Lipinski definition) is 1. The van der Waals surface area contributed by atoms with E-state index in [9.17, 15) is 4.79 Å². The number of anilines is 1. The molecule has 1 N–H and O–H groups in total. The highest BCUT2D eigenvalue weighted by atomic mass is 32.1. The molecule has 8 heteroatoms. The van der Waals surface area contributed by atoms with Crippen molar-refractivity contribution in [2.45, 2.75) is 45.2 Å². The molecule has 2 aromatic heterocycles. The maximum Gasteiger partial charge on any atom is 0.323 e. The number of aromatic nitrogens is 1. The first-order valence-electron chi connectivity index (χ1n) is 13.4. The molecule has 0 spiro atoms. The first-order valence-corrected chi connectivity index (χ1v) is 14.3. The summed E-state index contributed by atoms with van der Waals surface area (Å²) < 4.78 is 19.1. The Labute approximate surface area is 232 Å². The van der Waals surface area contributed by atoms with Gasteiger partial charge in [0.2, 0.25) is 0 Å². The maximum atomic E-state index is 14.3. The van der Waals surface area contributed by atoms with Crippen LogP contribution in [0.25, 0.3) is 5.00 Å². The quantitative estimate of drug-likeness (QED) is 0.285. The number of methoxy groups -OCH3 is 2. The van der Waals surface area contributed by atoms with E-state index in [4.69, 9.17) is 14.2 Å². The molecule has 0 unspecified atom stereocenters. The van der Waals surface area contributed by atoms with E-state index >= 15 is 0 Å². The third-order valence-electron chi connectivity index (χ3n) is 7.57. The summed E-state index contributed by atoms with van der Waals surface area (Å²) >= 11 is 1.88. The van der Waals surface area contributed by atoms with Crippen LogP contribution in [-0.4, -0.2) is 36.3 Å². The smallest absolute Gasteiger partial charge is 0.323 e. The van der Waals surface area contributed by atoms with Gasteiger partial charge in [0.15, 0.2) is 0 Å². The second kappa shape index (κ2) is 10.7. The third-order valence-corrected chi connectivity index (χ3v) is 8.91. The van der Waals surface area contributed by atoms with Crippen LogP contribution in [0.2, 0.25) is 0 Å². The topological polar surface area (TPSA) is 65.0 Å². The number of nitrogens with one attached hydrogen (secondary N) is 1. The number of amides is 2.